The number of hydrogen-bond acceptors (Lipinski definition) is 3. The highest BCUT2D eigenvalue weighted by atomic mass is 79.9. The summed E-state index contributed by atoms with van der Waals surface area (Å²) < 4.78 is 37.9. The maximum Gasteiger partial charge on any atom is 0.433 e. The molecule has 0 bridgehead atoms. The average Bonchev–Trinajstić information content (AvgIpc) is 2.38. The Morgan fingerprint density at radius 1 is 1.24 bits per heavy atom. The van der Waals surface area contributed by atoms with Crippen molar-refractivity contribution in [1.29, 1.82) is 0 Å². The molecule has 0 atom stereocenters. The highest BCUT2D eigenvalue weighted by Gasteiger charge is 2.32. The lowest BCUT2D eigenvalue weighted by atomic mass is 10.2. The molecule has 0 aliphatic heterocycles. The van der Waals surface area contributed by atoms with E-state index in [0.717, 1.165) is 22.8 Å². The van der Waals surface area contributed by atoms with Gasteiger partial charge in [-0.15, -0.1) is 12.6 Å². The summed E-state index contributed by atoms with van der Waals surface area (Å²) in [6.07, 6.45) is -3.55. The van der Waals surface area contributed by atoms with E-state index in [2.05, 4.69) is 38.9 Å². The number of carbonyl (C=O) groups is 1. The third-order valence-electron chi connectivity index (χ3n) is 2.52. The van der Waals surface area contributed by atoms with Crippen LogP contribution in [-0.4, -0.2) is 10.9 Å². The number of hydrogen-bond donors (Lipinski definition) is 2. The van der Waals surface area contributed by atoms with Crippen LogP contribution in [0.3, 0.4) is 0 Å². The van der Waals surface area contributed by atoms with Gasteiger partial charge in [0.1, 0.15) is 5.69 Å². The summed E-state index contributed by atoms with van der Waals surface area (Å²) in [6, 6.07) is 6.81. The number of rotatable bonds is 2. The summed E-state index contributed by atoms with van der Waals surface area (Å²) >= 11 is 7.41. The number of pyridine rings is 1. The summed E-state index contributed by atoms with van der Waals surface area (Å²) in [4.78, 5) is 15.7. The van der Waals surface area contributed by atoms with Crippen LogP contribution in [0.1, 0.15) is 16.1 Å². The van der Waals surface area contributed by atoms with Gasteiger partial charge < -0.3 is 5.32 Å². The molecule has 0 saturated carbocycles. The van der Waals surface area contributed by atoms with Crippen molar-refractivity contribution in [2.24, 2.45) is 0 Å². The number of nitrogens with zero attached hydrogens (tertiary/aromatic N) is 1. The molecule has 2 rings (SSSR count). The standard InChI is InChI=1S/C13H8BrF3N2OS/c14-7-1-3-9(10(21)5-7)12(20)19-8-2-4-11(18-6-8)13(15,16)17/h1-6,21H,(H,19,20). The molecular formula is C13H8BrF3N2OS. The monoisotopic (exact) mass is 376 g/mol. The zero-order chi connectivity index (χ0) is 15.6. The van der Waals surface area contributed by atoms with Crippen molar-refractivity contribution < 1.29 is 18.0 Å². The summed E-state index contributed by atoms with van der Waals surface area (Å²) in [7, 11) is 0. The first-order valence-corrected chi connectivity index (χ1v) is 6.84. The van der Waals surface area contributed by atoms with Gasteiger partial charge in [0.25, 0.3) is 5.91 Å². The Balaban J connectivity index is 2.16. The molecule has 0 unspecified atom stereocenters. The van der Waals surface area contributed by atoms with Crippen molar-refractivity contribution in [3.8, 4) is 0 Å². The normalized spacial score (nSPS) is 11.3. The molecule has 1 aromatic carbocycles. The minimum atomic E-state index is -4.51. The van der Waals surface area contributed by atoms with Gasteiger partial charge in [0, 0.05) is 9.37 Å². The number of aromatic nitrogens is 1. The number of amides is 1. The fraction of sp³-hybridized carbons (Fsp3) is 0.0769. The Labute approximate surface area is 132 Å². The van der Waals surface area contributed by atoms with Crippen LogP contribution in [0.5, 0.6) is 0 Å². The lowest BCUT2D eigenvalue weighted by Crippen LogP contribution is -2.14. The van der Waals surface area contributed by atoms with Gasteiger partial charge in [0.2, 0.25) is 0 Å². The first-order chi connectivity index (χ1) is 9.77. The summed E-state index contributed by atoms with van der Waals surface area (Å²) in [5.41, 5.74) is -0.538. The molecule has 8 heteroatoms. The third kappa shape index (κ3) is 3.98. The Bertz CT molecular complexity index is 674. The second-order valence-corrected chi connectivity index (χ2v) is 5.44. The summed E-state index contributed by atoms with van der Waals surface area (Å²) in [5.74, 6) is -0.478. The van der Waals surface area contributed by atoms with E-state index in [9.17, 15) is 18.0 Å². The Morgan fingerprint density at radius 2 is 1.95 bits per heavy atom. The van der Waals surface area contributed by atoms with Crippen LogP contribution in [0.25, 0.3) is 0 Å². The van der Waals surface area contributed by atoms with E-state index in [-0.39, 0.29) is 5.69 Å². The second kappa shape index (κ2) is 6.07. The minimum Gasteiger partial charge on any atom is -0.321 e. The molecule has 3 nitrogen and oxygen atoms in total. The summed E-state index contributed by atoms with van der Waals surface area (Å²) in [5, 5.41) is 2.46. The van der Waals surface area contributed by atoms with Crippen molar-refractivity contribution in [2.45, 2.75) is 11.1 Å². The van der Waals surface area contributed by atoms with Crippen LogP contribution in [0, 0.1) is 0 Å². The highest BCUT2D eigenvalue weighted by Crippen LogP contribution is 2.28. The molecule has 0 aliphatic rings. The van der Waals surface area contributed by atoms with Crippen LogP contribution in [0.4, 0.5) is 18.9 Å². The molecule has 0 spiro atoms. The van der Waals surface area contributed by atoms with Gasteiger partial charge in [-0.1, -0.05) is 15.9 Å². The van der Waals surface area contributed by atoms with E-state index in [1.54, 1.807) is 18.2 Å². The third-order valence-corrected chi connectivity index (χ3v) is 3.38. The average molecular weight is 377 g/mol. The van der Waals surface area contributed by atoms with Crippen LogP contribution >= 0.6 is 28.6 Å². The maximum atomic E-state index is 12.4. The van der Waals surface area contributed by atoms with E-state index in [4.69, 9.17) is 0 Å². The molecule has 1 heterocycles. The fourth-order valence-electron chi connectivity index (χ4n) is 1.53. The zero-order valence-corrected chi connectivity index (χ0v) is 12.8. The Morgan fingerprint density at radius 3 is 2.48 bits per heavy atom. The molecule has 1 aromatic heterocycles. The van der Waals surface area contributed by atoms with Crippen LogP contribution < -0.4 is 5.32 Å². The SMILES string of the molecule is O=C(Nc1ccc(C(F)(F)F)nc1)c1ccc(Br)cc1S. The van der Waals surface area contributed by atoms with E-state index in [1.807, 2.05) is 0 Å². The topological polar surface area (TPSA) is 42.0 Å². The second-order valence-electron chi connectivity index (χ2n) is 4.05. The number of benzene rings is 1. The molecular weight excluding hydrogens is 369 g/mol. The molecule has 2 aromatic rings. The molecule has 0 fully saturated rings. The lowest BCUT2D eigenvalue weighted by molar-refractivity contribution is -0.141. The summed E-state index contributed by atoms with van der Waals surface area (Å²) in [6.45, 7) is 0. The van der Waals surface area contributed by atoms with Gasteiger partial charge in [-0.2, -0.15) is 13.2 Å². The molecule has 1 amide bonds. The number of alkyl halides is 3. The van der Waals surface area contributed by atoms with E-state index in [1.165, 1.54) is 0 Å². The molecule has 1 N–H and O–H groups in total. The van der Waals surface area contributed by atoms with Crippen molar-refractivity contribution >= 4 is 40.2 Å². The molecule has 0 radical (unpaired) electrons. The van der Waals surface area contributed by atoms with Crippen molar-refractivity contribution in [3.05, 3.63) is 52.3 Å². The highest BCUT2D eigenvalue weighted by molar-refractivity contribution is 9.10. The van der Waals surface area contributed by atoms with E-state index in [0.29, 0.717) is 10.5 Å². The minimum absolute atomic E-state index is 0.170. The van der Waals surface area contributed by atoms with E-state index >= 15 is 0 Å². The number of thiol groups is 1. The van der Waals surface area contributed by atoms with Crippen molar-refractivity contribution in [1.82, 2.24) is 4.98 Å². The van der Waals surface area contributed by atoms with Gasteiger partial charge in [-0.25, -0.2) is 4.98 Å². The van der Waals surface area contributed by atoms with Gasteiger partial charge in [-0.3, -0.25) is 4.79 Å². The molecule has 110 valence electrons. The van der Waals surface area contributed by atoms with Crippen molar-refractivity contribution in [2.75, 3.05) is 5.32 Å². The predicted molar refractivity (Wildman–Crippen MR) is 78.6 cm³/mol. The number of carbonyl (C=O) groups excluding carboxylic acids is 1. The quantitative estimate of drug-likeness (QED) is 0.762. The smallest absolute Gasteiger partial charge is 0.321 e. The predicted octanol–water partition coefficient (Wildman–Crippen LogP) is 4.40. The van der Waals surface area contributed by atoms with E-state index < -0.39 is 17.8 Å². The first-order valence-electron chi connectivity index (χ1n) is 5.60. The van der Waals surface area contributed by atoms with Gasteiger partial charge in [0.15, 0.2) is 0 Å². The largest absolute Gasteiger partial charge is 0.433 e. The maximum absolute atomic E-state index is 12.4. The first kappa shape index (κ1) is 15.8. The molecule has 0 saturated heterocycles. The van der Waals surface area contributed by atoms with Crippen LogP contribution in [0.2, 0.25) is 0 Å². The number of anilines is 1. The number of nitrogens with one attached hydrogen (secondary N) is 1. The Kier molecular flexibility index (Phi) is 4.58. The van der Waals surface area contributed by atoms with Crippen LogP contribution in [-0.2, 0) is 6.18 Å². The molecule has 0 aliphatic carbocycles. The van der Waals surface area contributed by atoms with Crippen molar-refractivity contribution in [3.63, 3.8) is 0 Å². The molecule has 21 heavy (non-hydrogen) atoms. The van der Waals surface area contributed by atoms with Crippen LogP contribution in [0.15, 0.2) is 45.9 Å². The Hall–Kier alpha value is -1.54. The fourth-order valence-corrected chi connectivity index (χ4v) is 2.38. The number of halogens is 4. The van der Waals surface area contributed by atoms with Gasteiger partial charge >= 0.3 is 6.18 Å². The zero-order valence-electron chi connectivity index (χ0n) is 10.3. The van der Waals surface area contributed by atoms with Gasteiger partial charge in [-0.05, 0) is 30.3 Å². The lowest BCUT2D eigenvalue weighted by Gasteiger charge is -2.09. The van der Waals surface area contributed by atoms with Gasteiger partial charge in [0.05, 0.1) is 17.4 Å².